The van der Waals surface area contributed by atoms with Gasteiger partial charge in [0.15, 0.2) is 0 Å². The Hall–Kier alpha value is -2.14. The monoisotopic (exact) mass is 272 g/mol. The molecular weight excluding hydrogens is 260 g/mol. The maximum absolute atomic E-state index is 11.1. The molecule has 3 aromatic rings. The van der Waals surface area contributed by atoms with Crippen LogP contribution < -0.4 is 0 Å². The standard InChI is InChI=1S/C14H12N2O2S/c1-9-4-5-12-15-14(11-3-2-6-19-11)10(7-13(17)18)16(12)8-9/h2-6,8H,7H2,1H3,(H,17,18). The molecule has 0 unspecified atom stereocenters. The van der Waals surface area contributed by atoms with Crippen LogP contribution in [-0.4, -0.2) is 20.5 Å². The molecule has 0 aliphatic carbocycles. The highest BCUT2D eigenvalue weighted by Gasteiger charge is 2.17. The van der Waals surface area contributed by atoms with Crippen molar-refractivity contribution in [3.63, 3.8) is 0 Å². The first-order valence-electron chi connectivity index (χ1n) is 5.88. The van der Waals surface area contributed by atoms with Gasteiger partial charge in [0, 0.05) is 6.20 Å². The first-order valence-corrected chi connectivity index (χ1v) is 6.76. The van der Waals surface area contributed by atoms with E-state index in [1.54, 1.807) is 11.3 Å². The van der Waals surface area contributed by atoms with Gasteiger partial charge in [0.2, 0.25) is 0 Å². The van der Waals surface area contributed by atoms with Gasteiger partial charge in [0.05, 0.1) is 17.0 Å². The van der Waals surface area contributed by atoms with E-state index in [1.165, 1.54) is 0 Å². The Labute approximate surface area is 114 Å². The molecule has 0 saturated heterocycles. The molecule has 0 atom stereocenters. The highest BCUT2D eigenvalue weighted by Crippen LogP contribution is 2.28. The van der Waals surface area contributed by atoms with Crippen molar-refractivity contribution in [1.29, 1.82) is 0 Å². The summed E-state index contributed by atoms with van der Waals surface area (Å²) in [6.45, 7) is 1.98. The van der Waals surface area contributed by atoms with Gasteiger partial charge >= 0.3 is 5.97 Å². The molecule has 0 aromatic carbocycles. The lowest BCUT2D eigenvalue weighted by atomic mass is 10.2. The summed E-state index contributed by atoms with van der Waals surface area (Å²) in [6.07, 6.45) is 1.90. The Morgan fingerprint density at radius 3 is 2.95 bits per heavy atom. The smallest absolute Gasteiger partial charge is 0.309 e. The van der Waals surface area contributed by atoms with Crippen LogP contribution in [0.5, 0.6) is 0 Å². The largest absolute Gasteiger partial charge is 0.481 e. The number of carboxylic acids is 1. The molecule has 4 nitrogen and oxygen atoms in total. The van der Waals surface area contributed by atoms with Crippen molar-refractivity contribution in [1.82, 2.24) is 9.38 Å². The molecular formula is C14H12N2O2S. The number of imidazole rings is 1. The van der Waals surface area contributed by atoms with E-state index < -0.39 is 5.97 Å². The third-order valence-electron chi connectivity index (χ3n) is 2.94. The number of fused-ring (bicyclic) bond motifs is 1. The van der Waals surface area contributed by atoms with Crippen molar-refractivity contribution >= 4 is 23.0 Å². The van der Waals surface area contributed by atoms with Crippen LogP contribution in [0.25, 0.3) is 16.2 Å². The van der Waals surface area contributed by atoms with E-state index in [2.05, 4.69) is 4.98 Å². The second-order valence-corrected chi connectivity index (χ2v) is 5.34. The lowest BCUT2D eigenvalue weighted by Crippen LogP contribution is -2.04. The maximum atomic E-state index is 11.1. The molecule has 0 aliphatic heterocycles. The van der Waals surface area contributed by atoms with Crippen LogP contribution >= 0.6 is 11.3 Å². The Morgan fingerprint density at radius 1 is 1.42 bits per heavy atom. The fourth-order valence-electron chi connectivity index (χ4n) is 2.12. The highest BCUT2D eigenvalue weighted by molar-refractivity contribution is 7.13. The molecule has 0 amide bonds. The first-order chi connectivity index (χ1) is 9.15. The van der Waals surface area contributed by atoms with Gasteiger partial charge in [-0.25, -0.2) is 4.98 Å². The van der Waals surface area contributed by atoms with Crippen molar-refractivity contribution < 1.29 is 9.90 Å². The van der Waals surface area contributed by atoms with Gasteiger partial charge < -0.3 is 9.51 Å². The second kappa shape index (κ2) is 4.51. The number of thiophene rings is 1. The number of nitrogens with zero attached hydrogens (tertiary/aromatic N) is 2. The minimum Gasteiger partial charge on any atom is -0.481 e. The number of rotatable bonds is 3. The molecule has 3 rings (SSSR count). The first kappa shape index (κ1) is 11.9. The minimum atomic E-state index is -0.846. The van der Waals surface area contributed by atoms with Crippen LogP contribution in [0.15, 0.2) is 35.8 Å². The summed E-state index contributed by atoms with van der Waals surface area (Å²) >= 11 is 1.57. The van der Waals surface area contributed by atoms with Crippen LogP contribution in [0.2, 0.25) is 0 Å². The van der Waals surface area contributed by atoms with E-state index in [0.29, 0.717) is 0 Å². The Morgan fingerprint density at radius 2 is 2.26 bits per heavy atom. The van der Waals surface area contributed by atoms with Gasteiger partial charge in [-0.1, -0.05) is 12.1 Å². The number of hydrogen-bond donors (Lipinski definition) is 1. The molecule has 5 heteroatoms. The quantitative estimate of drug-likeness (QED) is 0.797. The van der Waals surface area contributed by atoms with Crippen LogP contribution in [0, 0.1) is 6.92 Å². The maximum Gasteiger partial charge on any atom is 0.309 e. The molecule has 0 spiro atoms. The second-order valence-electron chi connectivity index (χ2n) is 4.39. The van der Waals surface area contributed by atoms with Gasteiger partial charge in [-0.3, -0.25) is 4.79 Å². The lowest BCUT2D eigenvalue weighted by molar-refractivity contribution is -0.136. The van der Waals surface area contributed by atoms with E-state index >= 15 is 0 Å². The molecule has 19 heavy (non-hydrogen) atoms. The number of aliphatic carboxylic acids is 1. The third kappa shape index (κ3) is 2.13. The minimum absolute atomic E-state index is 0.0299. The lowest BCUT2D eigenvalue weighted by Gasteiger charge is -2.02. The molecule has 96 valence electrons. The summed E-state index contributed by atoms with van der Waals surface area (Å²) in [5.41, 5.74) is 3.36. The zero-order valence-electron chi connectivity index (χ0n) is 10.3. The summed E-state index contributed by atoms with van der Waals surface area (Å²) in [4.78, 5) is 16.6. The number of aromatic nitrogens is 2. The summed E-state index contributed by atoms with van der Waals surface area (Å²) in [5, 5.41) is 11.1. The van der Waals surface area contributed by atoms with Gasteiger partial charge in [0.1, 0.15) is 11.3 Å². The molecule has 3 heterocycles. The predicted octanol–water partition coefficient (Wildman–Crippen LogP) is 3.00. The van der Waals surface area contributed by atoms with E-state index in [4.69, 9.17) is 5.11 Å². The SMILES string of the molecule is Cc1ccc2nc(-c3cccs3)c(CC(=O)O)n2c1. The zero-order chi connectivity index (χ0) is 13.4. The van der Waals surface area contributed by atoms with Crippen molar-refractivity contribution in [3.8, 4) is 10.6 Å². The summed E-state index contributed by atoms with van der Waals surface area (Å²) in [7, 11) is 0. The van der Waals surface area contributed by atoms with E-state index in [9.17, 15) is 4.79 Å². The number of pyridine rings is 1. The van der Waals surface area contributed by atoms with Crippen LogP contribution in [0.3, 0.4) is 0 Å². The fourth-order valence-corrected chi connectivity index (χ4v) is 2.86. The van der Waals surface area contributed by atoms with Gasteiger partial charge in [-0.2, -0.15) is 0 Å². The van der Waals surface area contributed by atoms with E-state index in [-0.39, 0.29) is 6.42 Å². The topological polar surface area (TPSA) is 54.6 Å². The van der Waals surface area contributed by atoms with Gasteiger partial charge in [-0.05, 0) is 30.0 Å². The fraction of sp³-hybridized carbons (Fsp3) is 0.143. The Balaban J connectivity index is 2.28. The van der Waals surface area contributed by atoms with Gasteiger partial charge in [0.25, 0.3) is 0 Å². The highest BCUT2D eigenvalue weighted by atomic mass is 32.1. The Bertz CT molecular complexity index is 744. The predicted molar refractivity (Wildman–Crippen MR) is 74.6 cm³/mol. The molecule has 0 saturated carbocycles. The molecule has 0 fully saturated rings. The average molecular weight is 272 g/mol. The molecule has 0 bridgehead atoms. The third-order valence-corrected chi connectivity index (χ3v) is 3.82. The summed E-state index contributed by atoms with van der Waals surface area (Å²) in [5.74, 6) is -0.846. The van der Waals surface area contributed by atoms with Crippen LogP contribution in [0.4, 0.5) is 0 Å². The average Bonchev–Trinajstić information content (AvgIpc) is 2.97. The van der Waals surface area contributed by atoms with Crippen LogP contribution in [0.1, 0.15) is 11.3 Å². The van der Waals surface area contributed by atoms with Gasteiger partial charge in [-0.15, -0.1) is 11.3 Å². The molecule has 3 aromatic heterocycles. The Kier molecular flexibility index (Phi) is 2.83. The number of carboxylic acid groups (broad SMARTS) is 1. The summed E-state index contributed by atoms with van der Waals surface area (Å²) in [6, 6.07) is 7.80. The van der Waals surface area contributed by atoms with Crippen molar-refractivity contribution in [2.24, 2.45) is 0 Å². The molecule has 1 N–H and O–H groups in total. The van der Waals surface area contributed by atoms with Crippen molar-refractivity contribution in [3.05, 3.63) is 47.1 Å². The number of carbonyl (C=O) groups is 1. The number of hydrogen-bond acceptors (Lipinski definition) is 3. The van der Waals surface area contributed by atoms with Crippen molar-refractivity contribution in [2.45, 2.75) is 13.3 Å². The molecule has 0 aliphatic rings. The molecule has 0 radical (unpaired) electrons. The summed E-state index contributed by atoms with van der Waals surface area (Å²) < 4.78 is 1.87. The number of aryl methyl sites for hydroxylation is 1. The van der Waals surface area contributed by atoms with E-state index in [0.717, 1.165) is 27.5 Å². The van der Waals surface area contributed by atoms with Crippen molar-refractivity contribution in [2.75, 3.05) is 0 Å². The normalized spacial score (nSPS) is 11.0. The zero-order valence-corrected chi connectivity index (χ0v) is 11.1. The van der Waals surface area contributed by atoms with Crippen LogP contribution in [-0.2, 0) is 11.2 Å². The van der Waals surface area contributed by atoms with E-state index in [1.807, 2.05) is 47.2 Å².